The fraction of sp³-hybridized carbons (Fsp3) is 0.167. The van der Waals surface area contributed by atoms with Crippen LogP contribution in [0, 0.1) is 0 Å². The number of aromatic nitrogens is 1. The molecule has 0 atom stereocenters. The van der Waals surface area contributed by atoms with Crippen LogP contribution in [0.1, 0.15) is 10.4 Å². The maximum Gasteiger partial charge on any atom is 0.336 e. The highest BCUT2D eigenvalue weighted by atomic mass is 35.5. The molecule has 5 nitrogen and oxygen atoms in total. The molecule has 0 amide bonds. The number of hydrogen-bond donors (Lipinski definition) is 1. The lowest BCUT2D eigenvalue weighted by atomic mass is 10.1. The first-order valence-electron chi connectivity index (χ1n) is 5.02. The van der Waals surface area contributed by atoms with Gasteiger partial charge in [0.05, 0.1) is 25.3 Å². The van der Waals surface area contributed by atoms with Gasteiger partial charge in [0, 0.05) is 11.5 Å². The smallest absolute Gasteiger partial charge is 0.336 e. The topological polar surface area (TPSA) is 68.7 Å². The summed E-state index contributed by atoms with van der Waals surface area (Å²) < 4.78 is 10.3. The number of carboxylic acid groups (broad SMARTS) is 1. The third kappa shape index (κ3) is 2.04. The Balaban J connectivity index is 2.83. The highest BCUT2D eigenvalue weighted by Crippen LogP contribution is 2.33. The van der Waals surface area contributed by atoms with Crippen molar-refractivity contribution in [2.24, 2.45) is 0 Å². The Hall–Kier alpha value is -2.01. The Morgan fingerprint density at radius 2 is 1.83 bits per heavy atom. The molecule has 0 aliphatic rings. The average Bonchev–Trinajstić information content (AvgIpc) is 2.35. The number of carbonyl (C=O) groups is 1. The number of ether oxygens (including phenoxy) is 2. The number of halogens is 1. The first-order valence-corrected chi connectivity index (χ1v) is 5.40. The molecule has 2 rings (SSSR count). The molecular formula is C12H10ClNO4. The molecule has 0 fully saturated rings. The zero-order valence-corrected chi connectivity index (χ0v) is 10.5. The molecule has 1 heterocycles. The van der Waals surface area contributed by atoms with Gasteiger partial charge in [-0.2, -0.15) is 0 Å². The Morgan fingerprint density at radius 1 is 1.22 bits per heavy atom. The lowest BCUT2D eigenvalue weighted by Crippen LogP contribution is -2.00. The van der Waals surface area contributed by atoms with Gasteiger partial charge in [0.2, 0.25) is 0 Å². The summed E-state index contributed by atoms with van der Waals surface area (Å²) in [4.78, 5) is 15.2. The Morgan fingerprint density at radius 3 is 2.39 bits per heavy atom. The lowest BCUT2D eigenvalue weighted by Gasteiger charge is -2.10. The molecule has 0 aliphatic carbocycles. The molecular weight excluding hydrogens is 258 g/mol. The van der Waals surface area contributed by atoms with Crippen LogP contribution in [0.3, 0.4) is 0 Å². The van der Waals surface area contributed by atoms with Crippen molar-refractivity contribution in [2.45, 2.75) is 0 Å². The van der Waals surface area contributed by atoms with Crippen LogP contribution in [0.4, 0.5) is 0 Å². The second kappa shape index (κ2) is 4.70. The number of hydrogen-bond acceptors (Lipinski definition) is 4. The molecule has 1 aromatic carbocycles. The summed E-state index contributed by atoms with van der Waals surface area (Å²) >= 11 is 5.79. The van der Waals surface area contributed by atoms with E-state index in [1.807, 2.05) is 0 Å². The molecule has 0 radical (unpaired) electrons. The lowest BCUT2D eigenvalue weighted by molar-refractivity contribution is 0.0699. The predicted molar refractivity (Wildman–Crippen MR) is 66.8 cm³/mol. The molecule has 1 N–H and O–H groups in total. The highest BCUT2D eigenvalue weighted by Gasteiger charge is 2.15. The van der Waals surface area contributed by atoms with Crippen molar-refractivity contribution < 1.29 is 19.4 Å². The quantitative estimate of drug-likeness (QED) is 0.866. The van der Waals surface area contributed by atoms with Crippen LogP contribution in [0.2, 0.25) is 5.15 Å². The number of carboxylic acids is 1. The molecule has 18 heavy (non-hydrogen) atoms. The van der Waals surface area contributed by atoms with E-state index in [9.17, 15) is 4.79 Å². The van der Waals surface area contributed by atoms with Crippen molar-refractivity contribution >= 4 is 28.5 Å². The monoisotopic (exact) mass is 267 g/mol. The van der Waals surface area contributed by atoms with Crippen LogP contribution in [0.25, 0.3) is 10.9 Å². The third-order valence-electron chi connectivity index (χ3n) is 2.51. The van der Waals surface area contributed by atoms with Crippen molar-refractivity contribution in [3.8, 4) is 11.5 Å². The van der Waals surface area contributed by atoms with E-state index in [1.54, 1.807) is 12.1 Å². The minimum absolute atomic E-state index is 0.0750. The van der Waals surface area contributed by atoms with Gasteiger partial charge in [0.1, 0.15) is 5.15 Å². The van der Waals surface area contributed by atoms with Gasteiger partial charge in [-0.05, 0) is 12.1 Å². The van der Waals surface area contributed by atoms with Crippen LogP contribution in [0.15, 0.2) is 18.2 Å². The third-order valence-corrected chi connectivity index (χ3v) is 2.71. The van der Waals surface area contributed by atoms with Crippen molar-refractivity contribution in [2.75, 3.05) is 14.2 Å². The Bertz CT molecular complexity index is 627. The van der Waals surface area contributed by atoms with Crippen molar-refractivity contribution in [3.63, 3.8) is 0 Å². The van der Waals surface area contributed by atoms with Gasteiger partial charge < -0.3 is 14.6 Å². The zero-order valence-electron chi connectivity index (χ0n) is 9.73. The molecule has 6 heteroatoms. The van der Waals surface area contributed by atoms with Crippen LogP contribution in [-0.4, -0.2) is 30.3 Å². The molecule has 1 aromatic heterocycles. The van der Waals surface area contributed by atoms with E-state index in [1.165, 1.54) is 20.3 Å². The number of pyridine rings is 1. The molecule has 0 saturated heterocycles. The molecule has 2 aromatic rings. The van der Waals surface area contributed by atoms with Gasteiger partial charge in [0.15, 0.2) is 11.5 Å². The maximum atomic E-state index is 11.2. The fourth-order valence-electron chi connectivity index (χ4n) is 1.70. The van der Waals surface area contributed by atoms with Crippen molar-refractivity contribution in [3.05, 3.63) is 28.9 Å². The normalized spacial score (nSPS) is 10.4. The van der Waals surface area contributed by atoms with Crippen LogP contribution in [0.5, 0.6) is 11.5 Å². The van der Waals surface area contributed by atoms with E-state index in [0.717, 1.165) is 0 Å². The summed E-state index contributed by atoms with van der Waals surface area (Å²) in [6.07, 6.45) is 0. The first kappa shape index (κ1) is 12.4. The minimum atomic E-state index is -1.07. The van der Waals surface area contributed by atoms with Gasteiger partial charge in [0.25, 0.3) is 0 Å². The van der Waals surface area contributed by atoms with Gasteiger partial charge >= 0.3 is 5.97 Å². The number of rotatable bonds is 3. The molecule has 0 unspecified atom stereocenters. The SMILES string of the molecule is COc1cc2nc(Cl)cc(C(=O)O)c2cc1OC. The van der Waals surface area contributed by atoms with E-state index in [-0.39, 0.29) is 10.7 Å². The molecule has 0 aliphatic heterocycles. The number of benzene rings is 1. The van der Waals surface area contributed by atoms with E-state index >= 15 is 0 Å². The standard InChI is InChI=1S/C12H10ClNO4/c1-17-9-3-6-7(12(15)16)4-11(13)14-8(6)5-10(9)18-2/h3-5H,1-2H3,(H,15,16). The van der Waals surface area contributed by atoms with E-state index in [4.69, 9.17) is 26.2 Å². The average molecular weight is 268 g/mol. The number of fused-ring (bicyclic) bond motifs is 1. The van der Waals surface area contributed by atoms with Gasteiger partial charge in [-0.25, -0.2) is 9.78 Å². The minimum Gasteiger partial charge on any atom is -0.493 e. The molecule has 0 saturated carbocycles. The number of methoxy groups -OCH3 is 2. The summed E-state index contributed by atoms with van der Waals surface area (Å²) in [7, 11) is 2.97. The van der Waals surface area contributed by atoms with Gasteiger partial charge in [-0.3, -0.25) is 0 Å². The van der Waals surface area contributed by atoms with E-state index in [2.05, 4.69) is 4.98 Å². The zero-order chi connectivity index (χ0) is 13.3. The van der Waals surface area contributed by atoms with Crippen molar-refractivity contribution in [1.29, 1.82) is 0 Å². The van der Waals surface area contributed by atoms with Crippen LogP contribution < -0.4 is 9.47 Å². The van der Waals surface area contributed by atoms with Crippen LogP contribution >= 0.6 is 11.6 Å². The molecule has 0 spiro atoms. The number of nitrogens with zero attached hydrogens (tertiary/aromatic N) is 1. The second-order valence-electron chi connectivity index (χ2n) is 3.52. The Kier molecular flexibility index (Phi) is 3.25. The maximum absolute atomic E-state index is 11.2. The van der Waals surface area contributed by atoms with Crippen LogP contribution in [-0.2, 0) is 0 Å². The first-order chi connectivity index (χ1) is 8.56. The summed E-state index contributed by atoms with van der Waals surface area (Å²) in [5.74, 6) is -0.163. The van der Waals surface area contributed by atoms with E-state index in [0.29, 0.717) is 22.4 Å². The summed E-state index contributed by atoms with van der Waals surface area (Å²) in [6.45, 7) is 0. The summed E-state index contributed by atoms with van der Waals surface area (Å²) in [5, 5.41) is 9.71. The second-order valence-corrected chi connectivity index (χ2v) is 3.91. The van der Waals surface area contributed by atoms with Gasteiger partial charge in [-0.15, -0.1) is 0 Å². The highest BCUT2D eigenvalue weighted by molar-refractivity contribution is 6.30. The van der Waals surface area contributed by atoms with E-state index < -0.39 is 5.97 Å². The summed E-state index contributed by atoms with van der Waals surface area (Å²) in [5.41, 5.74) is 0.517. The fourth-order valence-corrected chi connectivity index (χ4v) is 1.90. The van der Waals surface area contributed by atoms with Crippen molar-refractivity contribution in [1.82, 2.24) is 4.98 Å². The Labute approximate surface area is 108 Å². The molecule has 94 valence electrons. The number of aromatic carboxylic acids is 1. The predicted octanol–water partition coefficient (Wildman–Crippen LogP) is 2.60. The van der Waals surface area contributed by atoms with Gasteiger partial charge in [-0.1, -0.05) is 11.6 Å². The molecule has 0 bridgehead atoms. The summed E-state index contributed by atoms with van der Waals surface area (Å²) in [6, 6.07) is 4.46. The largest absolute Gasteiger partial charge is 0.493 e.